The average Bonchev–Trinajstić information content (AvgIpc) is 2.66. The van der Waals surface area contributed by atoms with E-state index in [4.69, 9.17) is 0 Å². The van der Waals surface area contributed by atoms with Gasteiger partial charge in [-0.05, 0) is 44.6 Å². The molecule has 90 valence electrons. The number of fused-ring (bicyclic) bond motifs is 1. The van der Waals surface area contributed by atoms with Gasteiger partial charge < -0.3 is 15.5 Å². The first-order valence-electron chi connectivity index (χ1n) is 6.62. The van der Waals surface area contributed by atoms with Crippen LogP contribution in [0.1, 0.15) is 32.1 Å². The van der Waals surface area contributed by atoms with Crippen molar-refractivity contribution < 1.29 is 4.79 Å². The Balaban J connectivity index is 1.53. The first-order chi connectivity index (χ1) is 7.83. The zero-order valence-electron chi connectivity index (χ0n) is 9.74. The first-order valence-corrected chi connectivity index (χ1v) is 6.62. The minimum atomic E-state index is 0.167. The van der Waals surface area contributed by atoms with Gasteiger partial charge in [0.2, 0.25) is 0 Å². The van der Waals surface area contributed by atoms with Gasteiger partial charge in [-0.1, -0.05) is 0 Å². The Bertz CT molecular complexity index is 263. The zero-order valence-corrected chi connectivity index (χ0v) is 9.74. The maximum absolute atomic E-state index is 12.0. The van der Waals surface area contributed by atoms with Crippen LogP contribution in [0.15, 0.2) is 0 Å². The summed E-state index contributed by atoms with van der Waals surface area (Å²) >= 11 is 0. The van der Waals surface area contributed by atoms with Gasteiger partial charge >= 0.3 is 6.03 Å². The molecule has 0 radical (unpaired) electrons. The van der Waals surface area contributed by atoms with E-state index in [1.807, 2.05) is 4.90 Å². The van der Waals surface area contributed by atoms with Crippen LogP contribution in [-0.2, 0) is 0 Å². The molecule has 4 nitrogen and oxygen atoms in total. The highest BCUT2D eigenvalue weighted by molar-refractivity contribution is 5.75. The van der Waals surface area contributed by atoms with Gasteiger partial charge in [0.05, 0.1) is 0 Å². The van der Waals surface area contributed by atoms with Crippen molar-refractivity contribution in [1.29, 1.82) is 0 Å². The summed E-state index contributed by atoms with van der Waals surface area (Å²) in [5, 5.41) is 6.65. The number of piperidine rings is 1. The fourth-order valence-corrected chi connectivity index (χ4v) is 3.03. The van der Waals surface area contributed by atoms with E-state index in [1.54, 1.807) is 0 Å². The van der Waals surface area contributed by atoms with Crippen LogP contribution in [0.2, 0.25) is 0 Å². The molecule has 1 aliphatic carbocycles. The highest BCUT2D eigenvalue weighted by Crippen LogP contribution is 2.25. The normalized spacial score (nSPS) is 34.4. The Morgan fingerprint density at radius 1 is 1.19 bits per heavy atom. The summed E-state index contributed by atoms with van der Waals surface area (Å²) < 4.78 is 0. The van der Waals surface area contributed by atoms with Crippen LogP contribution in [0.4, 0.5) is 4.79 Å². The van der Waals surface area contributed by atoms with Gasteiger partial charge in [-0.25, -0.2) is 4.79 Å². The van der Waals surface area contributed by atoms with E-state index >= 15 is 0 Å². The van der Waals surface area contributed by atoms with Crippen molar-refractivity contribution in [3.63, 3.8) is 0 Å². The Hall–Kier alpha value is -0.770. The second-order valence-corrected chi connectivity index (χ2v) is 5.45. The fourth-order valence-electron chi connectivity index (χ4n) is 3.03. The molecular formula is C12H21N3O. The molecule has 2 amide bonds. The fraction of sp³-hybridized carbons (Fsp3) is 0.917. The van der Waals surface area contributed by atoms with Gasteiger partial charge in [0.1, 0.15) is 0 Å². The number of nitrogens with one attached hydrogen (secondary N) is 2. The number of likely N-dealkylation sites (tertiary alicyclic amines) is 1. The third-order valence-corrected chi connectivity index (χ3v) is 4.32. The van der Waals surface area contributed by atoms with E-state index in [0.29, 0.717) is 18.0 Å². The molecule has 3 aliphatic rings. The van der Waals surface area contributed by atoms with Crippen molar-refractivity contribution >= 4 is 6.03 Å². The number of rotatable bonds is 1. The van der Waals surface area contributed by atoms with E-state index < -0.39 is 0 Å². The Morgan fingerprint density at radius 3 is 2.75 bits per heavy atom. The van der Waals surface area contributed by atoms with Crippen LogP contribution in [0, 0.1) is 5.92 Å². The molecule has 3 rings (SSSR count). The number of hydrogen-bond donors (Lipinski definition) is 2. The molecule has 2 unspecified atom stereocenters. The number of carbonyl (C=O) groups is 1. The van der Waals surface area contributed by atoms with Gasteiger partial charge in [0.25, 0.3) is 0 Å². The van der Waals surface area contributed by atoms with Crippen LogP contribution >= 0.6 is 0 Å². The number of nitrogens with zero attached hydrogens (tertiary/aromatic N) is 1. The summed E-state index contributed by atoms with van der Waals surface area (Å²) in [4.78, 5) is 14.0. The molecular weight excluding hydrogens is 202 g/mol. The van der Waals surface area contributed by atoms with E-state index in [0.717, 1.165) is 19.6 Å². The predicted octanol–water partition coefficient (Wildman–Crippen LogP) is 0.932. The van der Waals surface area contributed by atoms with Crippen molar-refractivity contribution in [2.24, 2.45) is 5.92 Å². The summed E-state index contributed by atoms with van der Waals surface area (Å²) in [7, 11) is 0. The average molecular weight is 223 g/mol. The summed E-state index contributed by atoms with van der Waals surface area (Å²) in [6.45, 7) is 2.98. The van der Waals surface area contributed by atoms with Crippen LogP contribution in [0.25, 0.3) is 0 Å². The lowest BCUT2D eigenvalue weighted by molar-refractivity contribution is 0.194. The number of amides is 2. The molecule has 2 saturated heterocycles. The summed E-state index contributed by atoms with van der Waals surface area (Å²) in [5.74, 6) is 0.695. The first kappa shape index (κ1) is 10.4. The molecule has 0 spiro atoms. The van der Waals surface area contributed by atoms with Gasteiger partial charge in [-0.2, -0.15) is 0 Å². The lowest BCUT2D eigenvalue weighted by Gasteiger charge is -2.29. The molecule has 3 fully saturated rings. The second kappa shape index (κ2) is 4.24. The second-order valence-electron chi connectivity index (χ2n) is 5.45. The minimum Gasteiger partial charge on any atom is -0.335 e. The van der Waals surface area contributed by atoms with Gasteiger partial charge in [0.15, 0.2) is 0 Å². The van der Waals surface area contributed by atoms with Crippen molar-refractivity contribution in [1.82, 2.24) is 15.5 Å². The van der Waals surface area contributed by atoms with Gasteiger partial charge in [0, 0.05) is 25.2 Å². The molecule has 2 atom stereocenters. The van der Waals surface area contributed by atoms with Crippen molar-refractivity contribution in [2.45, 2.75) is 44.2 Å². The van der Waals surface area contributed by atoms with Gasteiger partial charge in [-0.15, -0.1) is 0 Å². The molecule has 0 aromatic heterocycles. The van der Waals surface area contributed by atoms with Gasteiger partial charge in [-0.3, -0.25) is 0 Å². The third kappa shape index (κ3) is 1.90. The monoisotopic (exact) mass is 223 g/mol. The van der Waals surface area contributed by atoms with Crippen LogP contribution in [0.5, 0.6) is 0 Å². The lowest BCUT2D eigenvalue weighted by Crippen LogP contribution is -2.47. The number of carbonyl (C=O) groups excluding carboxylic acids is 1. The molecule has 2 N–H and O–H groups in total. The molecule has 1 saturated carbocycles. The highest BCUT2D eigenvalue weighted by atomic mass is 16.2. The Morgan fingerprint density at radius 2 is 2.06 bits per heavy atom. The highest BCUT2D eigenvalue weighted by Gasteiger charge is 2.37. The standard InChI is InChI=1S/C12H21N3O/c16-12(14-10-4-1-5-10)15-7-9-3-2-6-13-11(9)8-15/h9-11,13H,1-8H2,(H,14,16). The largest absolute Gasteiger partial charge is 0.335 e. The Kier molecular flexibility index (Phi) is 2.75. The molecule has 16 heavy (non-hydrogen) atoms. The van der Waals surface area contributed by atoms with Crippen molar-refractivity contribution in [2.75, 3.05) is 19.6 Å². The SMILES string of the molecule is O=C(NC1CCC1)N1CC2CCCNC2C1. The quantitative estimate of drug-likeness (QED) is 0.694. The lowest BCUT2D eigenvalue weighted by atomic mass is 9.93. The molecule has 4 heteroatoms. The molecule has 0 bridgehead atoms. The predicted molar refractivity (Wildman–Crippen MR) is 62.3 cm³/mol. The van der Waals surface area contributed by atoms with E-state index in [1.165, 1.54) is 32.1 Å². The molecule has 2 heterocycles. The van der Waals surface area contributed by atoms with E-state index in [-0.39, 0.29) is 6.03 Å². The van der Waals surface area contributed by atoms with E-state index in [2.05, 4.69) is 10.6 Å². The molecule has 0 aromatic carbocycles. The smallest absolute Gasteiger partial charge is 0.317 e. The minimum absolute atomic E-state index is 0.167. The zero-order chi connectivity index (χ0) is 11.0. The van der Waals surface area contributed by atoms with Crippen LogP contribution < -0.4 is 10.6 Å². The topological polar surface area (TPSA) is 44.4 Å². The van der Waals surface area contributed by atoms with Crippen molar-refractivity contribution in [3.05, 3.63) is 0 Å². The van der Waals surface area contributed by atoms with Crippen molar-refractivity contribution in [3.8, 4) is 0 Å². The van der Waals surface area contributed by atoms with Crippen LogP contribution in [0.3, 0.4) is 0 Å². The summed E-state index contributed by atoms with van der Waals surface area (Å²) in [6.07, 6.45) is 6.16. The number of urea groups is 1. The molecule has 2 aliphatic heterocycles. The Labute approximate surface area is 96.8 Å². The maximum Gasteiger partial charge on any atom is 0.317 e. The van der Waals surface area contributed by atoms with Crippen LogP contribution in [-0.4, -0.2) is 42.6 Å². The number of hydrogen-bond acceptors (Lipinski definition) is 2. The maximum atomic E-state index is 12.0. The molecule has 0 aromatic rings. The summed E-state index contributed by atoms with van der Waals surface area (Å²) in [5.41, 5.74) is 0. The third-order valence-electron chi connectivity index (χ3n) is 4.32. The van der Waals surface area contributed by atoms with E-state index in [9.17, 15) is 4.79 Å². The summed E-state index contributed by atoms with van der Waals surface area (Å²) in [6, 6.07) is 1.19.